The standard InChI is InChI=1S/C9H18OP/c1-2-3-8-11(10)9-6-4-5-7-9/h9H,2-8H2,1H3. The molecule has 1 saturated carbocycles. The van der Waals surface area contributed by atoms with E-state index in [9.17, 15) is 4.57 Å². The number of hydrogen-bond acceptors (Lipinski definition) is 1. The lowest BCUT2D eigenvalue weighted by Gasteiger charge is -2.06. The molecule has 0 saturated heterocycles. The second-order valence-corrected chi connectivity index (χ2v) is 5.44. The third-order valence-electron chi connectivity index (χ3n) is 2.46. The normalized spacial score (nSPS) is 20.6. The van der Waals surface area contributed by atoms with Gasteiger partial charge in [-0.3, -0.25) is 4.57 Å². The maximum Gasteiger partial charge on any atom is 0.0750 e. The molecule has 1 aliphatic rings. The first-order chi connectivity index (χ1) is 5.34. The van der Waals surface area contributed by atoms with Gasteiger partial charge in [0.25, 0.3) is 0 Å². The summed E-state index contributed by atoms with van der Waals surface area (Å²) < 4.78 is 11.6. The minimum absolute atomic E-state index is 0.594. The third-order valence-corrected chi connectivity index (χ3v) is 4.55. The Hall–Kier alpha value is 0.100. The van der Waals surface area contributed by atoms with Crippen molar-refractivity contribution < 1.29 is 4.57 Å². The molecular weight excluding hydrogens is 155 g/mol. The summed E-state index contributed by atoms with van der Waals surface area (Å²) in [7, 11) is -0.838. The molecule has 65 valence electrons. The molecule has 0 spiro atoms. The van der Waals surface area contributed by atoms with Gasteiger partial charge in [-0.15, -0.1) is 0 Å². The van der Waals surface area contributed by atoms with Crippen LogP contribution >= 0.6 is 7.80 Å². The van der Waals surface area contributed by atoms with Crippen LogP contribution in [-0.2, 0) is 4.57 Å². The summed E-state index contributed by atoms with van der Waals surface area (Å²) in [6, 6.07) is 0. The Bertz CT molecular complexity index is 128. The molecule has 0 bridgehead atoms. The summed E-state index contributed by atoms with van der Waals surface area (Å²) >= 11 is 0. The Morgan fingerprint density at radius 2 is 2.00 bits per heavy atom. The van der Waals surface area contributed by atoms with Gasteiger partial charge in [0, 0.05) is 11.8 Å². The van der Waals surface area contributed by atoms with Crippen molar-refractivity contribution in [3.05, 3.63) is 0 Å². The van der Waals surface area contributed by atoms with Crippen LogP contribution in [0.15, 0.2) is 0 Å². The van der Waals surface area contributed by atoms with Gasteiger partial charge >= 0.3 is 0 Å². The largest absolute Gasteiger partial charge is 0.287 e. The molecule has 0 aromatic heterocycles. The van der Waals surface area contributed by atoms with Gasteiger partial charge < -0.3 is 0 Å². The van der Waals surface area contributed by atoms with Crippen LogP contribution < -0.4 is 0 Å². The summed E-state index contributed by atoms with van der Waals surface area (Å²) in [5.74, 6) is 0. The Morgan fingerprint density at radius 1 is 1.36 bits per heavy atom. The predicted octanol–water partition coefficient (Wildman–Crippen LogP) is 3.56. The Balaban J connectivity index is 2.17. The van der Waals surface area contributed by atoms with Crippen molar-refractivity contribution in [2.75, 3.05) is 6.16 Å². The van der Waals surface area contributed by atoms with Gasteiger partial charge in [0.1, 0.15) is 0 Å². The Morgan fingerprint density at radius 3 is 2.55 bits per heavy atom. The van der Waals surface area contributed by atoms with Crippen molar-refractivity contribution in [2.24, 2.45) is 0 Å². The Labute approximate surface area is 70.4 Å². The minimum atomic E-state index is -0.838. The molecule has 1 radical (unpaired) electrons. The molecule has 1 rings (SSSR count). The lowest BCUT2D eigenvalue weighted by atomic mass is 10.4. The highest BCUT2D eigenvalue weighted by atomic mass is 31.1. The average molecular weight is 173 g/mol. The number of rotatable bonds is 4. The topological polar surface area (TPSA) is 17.1 Å². The van der Waals surface area contributed by atoms with Crippen molar-refractivity contribution in [1.82, 2.24) is 0 Å². The van der Waals surface area contributed by atoms with Crippen molar-refractivity contribution in [3.63, 3.8) is 0 Å². The number of hydrogen-bond donors (Lipinski definition) is 0. The second kappa shape index (κ2) is 4.87. The minimum Gasteiger partial charge on any atom is -0.287 e. The molecule has 1 unspecified atom stereocenters. The molecule has 0 N–H and O–H groups in total. The van der Waals surface area contributed by atoms with E-state index in [1.54, 1.807) is 0 Å². The van der Waals surface area contributed by atoms with E-state index in [0.717, 1.165) is 12.6 Å². The van der Waals surface area contributed by atoms with Crippen LogP contribution in [0.2, 0.25) is 0 Å². The molecule has 11 heavy (non-hydrogen) atoms. The molecule has 2 heteroatoms. The predicted molar refractivity (Wildman–Crippen MR) is 49.6 cm³/mol. The summed E-state index contributed by atoms with van der Waals surface area (Å²) in [4.78, 5) is 0. The first-order valence-corrected chi connectivity index (χ1v) is 6.29. The molecule has 0 heterocycles. The molecule has 1 aliphatic carbocycles. The van der Waals surface area contributed by atoms with Gasteiger partial charge in [-0.1, -0.05) is 26.2 Å². The van der Waals surface area contributed by atoms with E-state index < -0.39 is 7.80 Å². The lowest BCUT2D eigenvalue weighted by molar-refractivity contribution is 0.575. The van der Waals surface area contributed by atoms with Crippen LogP contribution in [0.5, 0.6) is 0 Å². The van der Waals surface area contributed by atoms with E-state index in [0.29, 0.717) is 5.66 Å². The van der Waals surface area contributed by atoms with Crippen molar-refractivity contribution in [1.29, 1.82) is 0 Å². The van der Waals surface area contributed by atoms with E-state index in [1.807, 2.05) is 0 Å². The van der Waals surface area contributed by atoms with E-state index in [4.69, 9.17) is 0 Å². The molecule has 0 aromatic rings. The summed E-state index contributed by atoms with van der Waals surface area (Å²) in [6.45, 7) is 2.16. The van der Waals surface area contributed by atoms with E-state index in [2.05, 4.69) is 6.92 Å². The average Bonchev–Trinajstić information content (AvgIpc) is 2.52. The fraction of sp³-hybridized carbons (Fsp3) is 1.00. The fourth-order valence-corrected chi connectivity index (χ4v) is 3.62. The lowest BCUT2D eigenvalue weighted by Crippen LogP contribution is -1.95. The maximum absolute atomic E-state index is 11.6. The highest BCUT2D eigenvalue weighted by Crippen LogP contribution is 2.39. The van der Waals surface area contributed by atoms with Gasteiger partial charge in [0.05, 0.1) is 7.80 Å². The molecule has 0 amide bonds. The summed E-state index contributed by atoms with van der Waals surface area (Å²) in [5, 5.41) is 0. The molecule has 0 aliphatic heterocycles. The van der Waals surface area contributed by atoms with E-state index in [-0.39, 0.29) is 0 Å². The third kappa shape index (κ3) is 2.91. The molecule has 0 aromatic carbocycles. The van der Waals surface area contributed by atoms with Gasteiger partial charge in [0.2, 0.25) is 0 Å². The molecule has 1 nitrogen and oxygen atoms in total. The van der Waals surface area contributed by atoms with Crippen LogP contribution in [-0.4, -0.2) is 11.8 Å². The smallest absolute Gasteiger partial charge is 0.0750 e. The zero-order chi connectivity index (χ0) is 8.10. The van der Waals surface area contributed by atoms with Crippen LogP contribution in [0.4, 0.5) is 0 Å². The van der Waals surface area contributed by atoms with E-state index >= 15 is 0 Å². The quantitative estimate of drug-likeness (QED) is 0.594. The molecular formula is C9H18OP. The fourth-order valence-electron chi connectivity index (χ4n) is 1.69. The first kappa shape index (κ1) is 9.19. The van der Waals surface area contributed by atoms with Crippen LogP contribution in [0, 0.1) is 0 Å². The van der Waals surface area contributed by atoms with Gasteiger partial charge in [-0.25, -0.2) is 0 Å². The zero-order valence-corrected chi connectivity index (χ0v) is 8.28. The van der Waals surface area contributed by atoms with Crippen molar-refractivity contribution >= 4 is 7.80 Å². The highest BCUT2D eigenvalue weighted by molar-refractivity contribution is 7.45. The second-order valence-electron chi connectivity index (χ2n) is 3.43. The van der Waals surface area contributed by atoms with Gasteiger partial charge in [-0.05, 0) is 19.3 Å². The first-order valence-electron chi connectivity index (χ1n) is 4.78. The van der Waals surface area contributed by atoms with Gasteiger partial charge in [-0.2, -0.15) is 0 Å². The van der Waals surface area contributed by atoms with Crippen LogP contribution in [0.1, 0.15) is 45.4 Å². The monoisotopic (exact) mass is 173 g/mol. The van der Waals surface area contributed by atoms with Crippen LogP contribution in [0.25, 0.3) is 0 Å². The van der Waals surface area contributed by atoms with Crippen molar-refractivity contribution in [3.8, 4) is 0 Å². The van der Waals surface area contributed by atoms with E-state index in [1.165, 1.54) is 32.1 Å². The zero-order valence-electron chi connectivity index (χ0n) is 7.38. The Kier molecular flexibility index (Phi) is 4.07. The van der Waals surface area contributed by atoms with Crippen LogP contribution in [0.3, 0.4) is 0 Å². The summed E-state index contributed by atoms with van der Waals surface area (Å²) in [6.07, 6.45) is 8.43. The maximum atomic E-state index is 11.6. The molecule has 1 fully saturated rings. The highest BCUT2D eigenvalue weighted by Gasteiger charge is 2.20. The number of unbranched alkanes of at least 4 members (excludes halogenated alkanes) is 1. The SMILES string of the molecule is CCCC[P](=O)C1CCCC1. The summed E-state index contributed by atoms with van der Waals surface area (Å²) in [5.41, 5.74) is 0.594. The van der Waals surface area contributed by atoms with Gasteiger partial charge in [0.15, 0.2) is 0 Å². The molecule has 1 atom stereocenters. The van der Waals surface area contributed by atoms with Crippen molar-refractivity contribution in [2.45, 2.75) is 51.1 Å².